The Morgan fingerprint density at radius 3 is 2.55 bits per heavy atom. The van der Waals surface area contributed by atoms with Gasteiger partial charge in [0.25, 0.3) is 0 Å². The molecule has 22 heavy (non-hydrogen) atoms. The number of nitrogens with zero attached hydrogens (tertiary/aromatic N) is 2. The molecule has 6 nitrogen and oxygen atoms in total. The molecule has 0 spiro atoms. The first-order valence-electron chi connectivity index (χ1n) is 7.29. The molecule has 1 aromatic carbocycles. The number of benzene rings is 1. The van der Waals surface area contributed by atoms with Crippen LogP contribution >= 0.6 is 0 Å². The predicted octanol–water partition coefficient (Wildman–Crippen LogP) is 1.16. The quantitative estimate of drug-likeness (QED) is 0.879. The lowest BCUT2D eigenvalue weighted by molar-refractivity contribution is -0.138. The molecule has 0 unspecified atom stereocenters. The zero-order valence-electron chi connectivity index (χ0n) is 12.9. The van der Waals surface area contributed by atoms with Crippen molar-refractivity contribution in [2.75, 3.05) is 26.7 Å². The Kier molecular flexibility index (Phi) is 5.20. The van der Waals surface area contributed by atoms with Gasteiger partial charge in [-0.15, -0.1) is 0 Å². The molecule has 2 rings (SSSR count). The highest BCUT2D eigenvalue weighted by atomic mass is 32.2. The highest BCUT2D eigenvalue weighted by Gasteiger charge is 2.31. The summed E-state index contributed by atoms with van der Waals surface area (Å²) in [6.45, 7) is 2.69. The summed E-state index contributed by atoms with van der Waals surface area (Å²) in [5.41, 5.74) is 0.914. The number of hydrogen-bond acceptors (Lipinski definition) is 4. The Balaban J connectivity index is 2.03. The standard InChI is InChI=1S/C15H22N2O4S/c1-12-4-3-5-14(10-12)22(20,21)17-8-6-13(7-9-17)16(2)11-15(18)19/h3-5,10,13H,6-9,11H2,1-2H3,(H,18,19). The zero-order chi connectivity index (χ0) is 16.3. The van der Waals surface area contributed by atoms with Gasteiger partial charge in [-0.25, -0.2) is 8.42 Å². The summed E-state index contributed by atoms with van der Waals surface area (Å²) in [6, 6.07) is 7.02. The Labute approximate surface area is 131 Å². The van der Waals surface area contributed by atoms with E-state index in [0.717, 1.165) is 5.56 Å². The van der Waals surface area contributed by atoms with Gasteiger partial charge in [-0.1, -0.05) is 12.1 Å². The smallest absolute Gasteiger partial charge is 0.317 e. The molecule has 0 saturated carbocycles. The summed E-state index contributed by atoms with van der Waals surface area (Å²) in [6.07, 6.45) is 1.30. The lowest BCUT2D eigenvalue weighted by atomic mass is 10.1. The van der Waals surface area contributed by atoms with Crippen molar-refractivity contribution in [2.45, 2.75) is 30.7 Å². The highest BCUT2D eigenvalue weighted by Crippen LogP contribution is 2.23. The second-order valence-corrected chi connectivity index (χ2v) is 7.70. The largest absolute Gasteiger partial charge is 0.480 e. The highest BCUT2D eigenvalue weighted by molar-refractivity contribution is 7.89. The van der Waals surface area contributed by atoms with Gasteiger partial charge in [0.1, 0.15) is 0 Å². The van der Waals surface area contributed by atoms with Gasteiger partial charge in [-0.05, 0) is 44.5 Å². The molecular formula is C15H22N2O4S. The van der Waals surface area contributed by atoms with Gasteiger partial charge in [-0.2, -0.15) is 4.31 Å². The molecule has 0 aromatic heterocycles. The molecule has 1 saturated heterocycles. The summed E-state index contributed by atoms with van der Waals surface area (Å²) >= 11 is 0. The van der Waals surface area contributed by atoms with Crippen LogP contribution in [0.2, 0.25) is 0 Å². The molecular weight excluding hydrogens is 304 g/mol. The molecule has 0 radical (unpaired) electrons. The number of carboxylic acids is 1. The van der Waals surface area contributed by atoms with Crippen LogP contribution in [0.3, 0.4) is 0 Å². The average Bonchev–Trinajstić information content (AvgIpc) is 2.46. The fourth-order valence-corrected chi connectivity index (χ4v) is 4.37. The van der Waals surface area contributed by atoms with Gasteiger partial charge in [-0.3, -0.25) is 9.69 Å². The maximum absolute atomic E-state index is 12.6. The third-order valence-electron chi connectivity index (χ3n) is 4.06. The number of likely N-dealkylation sites (N-methyl/N-ethyl adjacent to an activating group) is 1. The maximum Gasteiger partial charge on any atom is 0.317 e. The summed E-state index contributed by atoms with van der Waals surface area (Å²) < 4.78 is 26.7. The molecule has 1 aliphatic heterocycles. The molecule has 0 aliphatic carbocycles. The number of aliphatic carboxylic acids is 1. The van der Waals surface area contributed by atoms with E-state index in [4.69, 9.17) is 5.11 Å². The minimum atomic E-state index is -3.46. The van der Waals surface area contributed by atoms with Crippen LogP contribution < -0.4 is 0 Å². The van der Waals surface area contributed by atoms with Crippen molar-refractivity contribution in [1.29, 1.82) is 0 Å². The molecule has 1 fully saturated rings. The fraction of sp³-hybridized carbons (Fsp3) is 0.533. The van der Waals surface area contributed by atoms with Crippen LogP contribution in [0.15, 0.2) is 29.2 Å². The third-order valence-corrected chi connectivity index (χ3v) is 5.95. The molecule has 1 N–H and O–H groups in total. The lowest BCUT2D eigenvalue weighted by Crippen LogP contribution is -2.46. The average molecular weight is 326 g/mol. The summed E-state index contributed by atoms with van der Waals surface area (Å²) in [5, 5.41) is 8.82. The van der Waals surface area contributed by atoms with Crippen molar-refractivity contribution in [3.05, 3.63) is 29.8 Å². The molecule has 0 amide bonds. The van der Waals surface area contributed by atoms with Gasteiger partial charge < -0.3 is 5.11 Å². The Hall–Kier alpha value is -1.44. The first kappa shape index (κ1) is 16.9. The fourth-order valence-electron chi connectivity index (χ4n) is 2.79. The van der Waals surface area contributed by atoms with Gasteiger partial charge >= 0.3 is 5.97 Å². The minimum absolute atomic E-state index is 0.0186. The number of hydrogen-bond donors (Lipinski definition) is 1. The predicted molar refractivity (Wildman–Crippen MR) is 83.2 cm³/mol. The maximum atomic E-state index is 12.6. The van der Waals surface area contributed by atoms with E-state index < -0.39 is 16.0 Å². The summed E-state index contributed by atoms with van der Waals surface area (Å²) in [7, 11) is -1.69. The van der Waals surface area contributed by atoms with E-state index in [9.17, 15) is 13.2 Å². The number of piperidine rings is 1. The SMILES string of the molecule is Cc1cccc(S(=O)(=O)N2CCC(N(C)CC(=O)O)CC2)c1. The Morgan fingerprint density at radius 2 is 2.00 bits per heavy atom. The Bertz CT molecular complexity index is 637. The van der Waals surface area contributed by atoms with E-state index in [1.165, 1.54) is 4.31 Å². The molecule has 7 heteroatoms. The lowest BCUT2D eigenvalue weighted by Gasteiger charge is -2.35. The molecule has 1 heterocycles. The van der Waals surface area contributed by atoms with E-state index in [2.05, 4.69) is 0 Å². The first-order valence-corrected chi connectivity index (χ1v) is 8.73. The van der Waals surface area contributed by atoms with Crippen molar-refractivity contribution in [2.24, 2.45) is 0 Å². The van der Waals surface area contributed by atoms with Crippen LogP contribution in [0.4, 0.5) is 0 Å². The van der Waals surface area contributed by atoms with E-state index in [0.29, 0.717) is 30.8 Å². The molecule has 0 atom stereocenters. The van der Waals surface area contributed by atoms with E-state index in [1.807, 2.05) is 13.0 Å². The van der Waals surface area contributed by atoms with Crippen LogP contribution in [0.25, 0.3) is 0 Å². The van der Waals surface area contributed by atoms with Crippen molar-refractivity contribution in [1.82, 2.24) is 9.21 Å². The van der Waals surface area contributed by atoms with Crippen LogP contribution in [0.1, 0.15) is 18.4 Å². The van der Waals surface area contributed by atoms with Crippen molar-refractivity contribution in [3.63, 3.8) is 0 Å². The first-order chi connectivity index (χ1) is 10.3. The van der Waals surface area contributed by atoms with Crippen LogP contribution in [0, 0.1) is 6.92 Å². The van der Waals surface area contributed by atoms with E-state index >= 15 is 0 Å². The summed E-state index contributed by atoms with van der Waals surface area (Å²) in [4.78, 5) is 12.8. The number of aryl methyl sites for hydroxylation is 1. The van der Waals surface area contributed by atoms with E-state index in [-0.39, 0.29) is 12.6 Å². The number of carbonyl (C=O) groups is 1. The van der Waals surface area contributed by atoms with Gasteiger partial charge in [0, 0.05) is 19.1 Å². The Morgan fingerprint density at radius 1 is 1.36 bits per heavy atom. The monoisotopic (exact) mass is 326 g/mol. The van der Waals surface area contributed by atoms with Gasteiger partial charge in [0.2, 0.25) is 10.0 Å². The molecule has 1 aliphatic rings. The minimum Gasteiger partial charge on any atom is -0.480 e. The van der Waals surface area contributed by atoms with Gasteiger partial charge in [0.05, 0.1) is 11.4 Å². The van der Waals surface area contributed by atoms with Crippen molar-refractivity contribution < 1.29 is 18.3 Å². The number of sulfonamides is 1. The van der Waals surface area contributed by atoms with Gasteiger partial charge in [0.15, 0.2) is 0 Å². The molecule has 122 valence electrons. The second-order valence-electron chi connectivity index (χ2n) is 5.76. The van der Waals surface area contributed by atoms with Crippen molar-refractivity contribution in [3.8, 4) is 0 Å². The topological polar surface area (TPSA) is 77.9 Å². The normalized spacial score (nSPS) is 17.8. The molecule has 0 bridgehead atoms. The van der Waals surface area contributed by atoms with Crippen molar-refractivity contribution >= 4 is 16.0 Å². The number of carboxylic acid groups (broad SMARTS) is 1. The third kappa shape index (κ3) is 3.85. The van der Waals surface area contributed by atoms with Crippen LogP contribution in [-0.4, -0.2) is 61.4 Å². The zero-order valence-corrected chi connectivity index (χ0v) is 13.7. The number of rotatable bonds is 5. The van der Waals surface area contributed by atoms with Crippen LogP contribution in [-0.2, 0) is 14.8 Å². The summed E-state index contributed by atoms with van der Waals surface area (Å²) in [5.74, 6) is -0.864. The van der Waals surface area contributed by atoms with Crippen LogP contribution in [0.5, 0.6) is 0 Å². The second kappa shape index (κ2) is 6.76. The van der Waals surface area contributed by atoms with E-state index in [1.54, 1.807) is 30.1 Å². The molecule has 1 aromatic rings.